The quantitative estimate of drug-likeness (QED) is 0.614. The zero-order chi connectivity index (χ0) is 16.8. The molecule has 0 amide bonds. The van der Waals surface area contributed by atoms with Gasteiger partial charge in [0.2, 0.25) is 0 Å². The fourth-order valence-corrected chi connectivity index (χ4v) is 2.22. The highest BCUT2D eigenvalue weighted by atomic mass is 79.9. The lowest BCUT2D eigenvalue weighted by Gasteiger charge is -2.15. The maximum Gasteiger partial charge on any atom is 0.573 e. The number of halogens is 4. The van der Waals surface area contributed by atoms with Crippen molar-refractivity contribution < 1.29 is 17.9 Å². The average molecular weight is 375 g/mol. The first kappa shape index (κ1) is 18.6. The largest absolute Gasteiger partial charge is 0.573 e. The summed E-state index contributed by atoms with van der Waals surface area (Å²) in [5.74, 6) is -0.168. The number of rotatable bonds is 3. The van der Waals surface area contributed by atoms with E-state index in [0.717, 1.165) is 11.1 Å². The van der Waals surface area contributed by atoms with Crippen molar-refractivity contribution in [1.29, 1.82) is 0 Å². The molecule has 0 saturated carbocycles. The third-order valence-corrected chi connectivity index (χ3v) is 3.66. The highest BCUT2D eigenvalue weighted by molar-refractivity contribution is 9.10. The minimum atomic E-state index is -4.69. The molecule has 5 heteroatoms. The summed E-state index contributed by atoms with van der Waals surface area (Å²) in [5, 5.41) is 0. The molecule has 1 nitrogen and oxygen atoms in total. The molecule has 0 aliphatic heterocycles. The van der Waals surface area contributed by atoms with Gasteiger partial charge in [-0.3, -0.25) is 0 Å². The Bertz CT molecular complexity index is 595. The molecule has 2 rings (SSSR count). The van der Waals surface area contributed by atoms with Crippen LogP contribution in [-0.2, 0) is 6.42 Å². The number of benzene rings is 2. The summed E-state index contributed by atoms with van der Waals surface area (Å²) >= 11 is 3.23. The van der Waals surface area contributed by atoms with E-state index in [1.165, 1.54) is 6.07 Å². The Morgan fingerprint density at radius 1 is 1.05 bits per heavy atom. The van der Waals surface area contributed by atoms with Crippen LogP contribution in [0.1, 0.15) is 30.5 Å². The number of alkyl halides is 3. The fourth-order valence-electron chi connectivity index (χ4n) is 1.90. The van der Waals surface area contributed by atoms with Crippen LogP contribution in [0.2, 0.25) is 0 Å². The highest BCUT2D eigenvalue weighted by Crippen LogP contribution is 2.32. The van der Waals surface area contributed by atoms with E-state index >= 15 is 0 Å². The van der Waals surface area contributed by atoms with Gasteiger partial charge in [-0.25, -0.2) is 0 Å². The van der Waals surface area contributed by atoms with Gasteiger partial charge in [-0.1, -0.05) is 66.2 Å². The highest BCUT2D eigenvalue weighted by Gasteiger charge is 2.32. The molecule has 2 aromatic carbocycles. The van der Waals surface area contributed by atoms with Crippen LogP contribution in [0.3, 0.4) is 0 Å². The maximum atomic E-state index is 12.5. The molecule has 0 fully saturated rings. The molecule has 0 aliphatic carbocycles. The lowest BCUT2D eigenvalue weighted by Crippen LogP contribution is -2.18. The lowest BCUT2D eigenvalue weighted by atomic mass is 10.0. The van der Waals surface area contributed by atoms with Gasteiger partial charge >= 0.3 is 6.36 Å². The SMILES string of the molecule is CC.Cc1cc(Cc2ccccc2)c(OC(F)(F)F)cc1Br. The fraction of sp³-hybridized carbons (Fsp3) is 0.294. The summed E-state index contributed by atoms with van der Waals surface area (Å²) in [4.78, 5) is 0. The van der Waals surface area contributed by atoms with Crippen molar-refractivity contribution in [1.82, 2.24) is 0 Å². The van der Waals surface area contributed by atoms with Crippen molar-refractivity contribution in [2.75, 3.05) is 0 Å². The van der Waals surface area contributed by atoms with Gasteiger partial charge in [0.15, 0.2) is 0 Å². The van der Waals surface area contributed by atoms with Gasteiger partial charge in [0, 0.05) is 10.9 Å². The molecule has 0 radical (unpaired) electrons. The van der Waals surface area contributed by atoms with Crippen LogP contribution >= 0.6 is 15.9 Å². The monoisotopic (exact) mass is 374 g/mol. The van der Waals surface area contributed by atoms with E-state index in [9.17, 15) is 13.2 Å². The Labute approximate surface area is 137 Å². The summed E-state index contributed by atoms with van der Waals surface area (Å²) in [6.45, 7) is 5.83. The van der Waals surface area contributed by atoms with Gasteiger partial charge in [0.05, 0.1) is 0 Å². The van der Waals surface area contributed by atoms with E-state index < -0.39 is 6.36 Å². The summed E-state index contributed by atoms with van der Waals surface area (Å²) in [6, 6.07) is 12.4. The van der Waals surface area contributed by atoms with E-state index in [0.29, 0.717) is 16.5 Å². The predicted molar refractivity (Wildman–Crippen MR) is 86.2 cm³/mol. The molecule has 0 unspecified atom stereocenters. The first-order valence-corrected chi connectivity index (χ1v) is 7.73. The second kappa shape index (κ2) is 8.22. The third-order valence-electron chi connectivity index (χ3n) is 2.80. The topological polar surface area (TPSA) is 9.23 Å². The van der Waals surface area contributed by atoms with Crippen LogP contribution in [0.25, 0.3) is 0 Å². The number of aryl methyl sites for hydroxylation is 1. The standard InChI is InChI=1S/C15H12BrF3O.C2H6/c1-10-7-12(8-11-5-3-2-4-6-11)14(9-13(10)16)20-15(17,18)19;1-2/h2-7,9H,8H2,1H3;1-2H3. The van der Waals surface area contributed by atoms with Crippen molar-refractivity contribution in [3.63, 3.8) is 0 Å². The molecule has 0 aromatic heterocycles. The van der Waals surface area contributed by atoms with Crippen LogP contribution in [0.4, 0.5) is 13.2 Å². The Balaban J connectivity index is 0.00000116. The molecule has 2 aromatic rings. The van der Waals surface area contributed by atoms with Crippen LogP contribution in [0, 0.1) is 6.92 Å². The van der Waals surface area contributed by atoms with E-state index in [4.69, 9.17) is 0 Å². The van der Waals surface area contributed by atoms with Crippen molar-refractivity contribution in [3.05, 3.63) is 63.6 Å². The second-order valence-electron chi connectivity index (χ2n) is 4.42. The van der Waals surface area contributed by atoms with Crippen molar-refractivity contribution in [3.8, 4) is 5.75 Å². The molecule has 120 valence electrons. The predicted octanol–water partition coefficient (Wildman–Crippen LogP) is 6.27. The van der Waals surface area contributed by atoms with E-state index in [1.54, 1.807) is 6.07 Å². The first-order valence-electron chi connectivity index (χ1n) is 6.94. The molecule has 0 heterocycles. The van der Waals surface area contributed by atoms with Gasteiger partial charge in [0.1, 0.15) is 5.75 Å². The van der Waals surface area contributed by atoms with E-state index in [-0.39, 0.29) is 5.75 Å². The van der Waals surface area contributed by atoms with Gasteiger partial charge in [-0.2, -0.15) is 0 Å². The van der Waals surface area contributed by atoms with Crippen LogP contribution < -0.4 is 4.74 Å². The number of ether oxygens (including phenoxy) is 1. The normalized spacial score (nSPS) is 10.7. The first-order chi connectivity index (χ1) is 10.3. The smallest absolute Gasteiger partial charge is 0.405 e. The van der Waals surface area contributed by atoms with Crippen LogP contribution in [0.15, 0.2) is 46.9 Å². The molecule has 0 saturated heterocycles. The Kier molecular flexibility index (Phi) is 6.94. The van der Waals surface area contributed by atoms with Crippen molar-refractivity contribution >= 4 is 15.9 Å². The summed E-state index contributed by atoms with van der Waals surface area (Å²) < 4.78 is 42.1. The Morgan fingerprint density at radius 3 is 2.18 bits per heavy atom. The van der Waals surface area contributed by atoms with Gasteiger partial charge in [-0.15, -0.1) is 13.2 Å². The molecule has 0 atom stereocenters. The van der Waals surface area contributed by atoms with Gasteiger partial charge < -0.3 is 4.74 Å². The van der Waals surface area contributed by atoms with Crippen LogP contribution in [0.5, 0.6) is 5.75 Å². The van der Waals surface area contributed by atoms with Crippen molar-refractivity contribution in [2.24, 2.45) is 0 Å². The zero-order valence-electron chi connectivity index (χ0n) is 12.7. The van der Waals surface area contributed by atoms with Gasteiger partial charge in [-0.05, 0) is 29.7 Å². The van der Waals surface area contributed by atoms with E-state index in [2.05, 4.69) is 20.7 Å². The molecular formula is C17H18BrF3O. The summed E-state index contributed by atoms with van der Waals surface area (Å²) in [6.07, 6.45) is -4.31. The molecule has 0 N–H and O–H groups in total. The number of hydrogen-bond acceptors (Lipinski definition) is 1. The minimum absolute atomic E-state index is 0.168. The molecule has 0 aliphatic rings. The molecular weight excluding hydrogens is 357 g/mol. The second-order valence-corrected chi connectivity index (χ2v) is 5.27. The lowest BCUT2D eigenvalue weighted by molar-refractivity contribution is -0.274. The molecule has 22 heavy (non-hydrogen) atoms. The molecule has 0 spiro atoms. The zero-order valence-corrected chi connectivity index (χ0v) is 14.3. The Morgan fingerprint density at radius 2 is 1.64 bits per heavy atom. The van der Waals surface area contributed by atoms with Crippen molar-refractivity contribution in [2.45, 2.75) is 33.6 Å². The van der Waals surface area contributed by atoms with Gasteiger partial charge in [0.25, 0.3) is 0 Å². The Hall–Kier alpha value is -1.49. The van der Waals surface area contributed by atoms with Crippen LogP contribution in [-0.4, -0.2) is 6.36 Å². The minimum Gasteiger partial charge on any atom is -0.405 e. The average Bonchev–Trinajstić information content (AvgIpc) is 2.46. The summed E-state index contributed by atoms with van der Waals surface area (Å²) in [7, 11) is 0. The maximum absolute atomic E-state index is 12.5. The number of hydrogen-bond donors (Lipinski definition) is 0. The molecule has 0 bridgehead atoms. The summed E-state index contributed by atoms with van der Waals surface area (Å²) in [5.41, 5.74) is 2.31. The van der Waals surface area contributed by atoms with E-state index in [1.807, 2.05) is 51.1 Å². The third kappa shape index (κ3) is 5.72.